The van der Waals surface area contributed by atoms with Gasteiger partial charge in [-0.15, -0.1) is 0 Å². The number of halogens is 1. The highest BCUT2D eigenvalue weighted by Gasteiger charge is 2.25. The Bertz CT molecular complexity index is 226. The zero-order valence-corrected chi connectivity index (χ0v) is 8.93. The second-order valence-corrected chi connectivity index (χ2v) is 3.83. The monoisotopic (exact) mass is 182 g/mol. The maximum absolute atomic E-state index is 12.9. The van der Waals surface area contributed by atoms with Crippen LogP contribution in [0.5, 0.6) is 0 Å². The van der Waals surface area contributed by atoms with E-state index in [2.05, 4.69) is 9.98 Å². The van der Waals surface area contributed by atoms with Crippen LogP contribution in [-0.2, 0) is 0 Å². The molecule has 0 aromatic carbocycles. The normalized spacial score (nSPS) is 17.4. The van der Waals surface area contributed by atoms with Gasteiger partial charge in [-0.1, -0.05) is 20.8 Å². The number of alkyl halides is 1. The van der Waals surface area contributed by atoms with Crippen LogP contribution >= 0.6 is 0 Å². The average molecular weight is 182 g/mol. The number of aliphatic imine (C=N–C) groups is 2. The number of hydrogen-bond donors (Lipinski definition) is 0. The Kier molecular flexibility index (Phi) is 4.31. The first-order chi connectivity index (χ1) is 5.84. The molecule has 2 radical (unpaired) electrons. The molecule has 0 heterocycles. The fraction of sp³-hybridized carbons (Fsp3) is 0.778. The summed E-state index contributed by atoms with van der Waals surface area (Å²) in [5.41, 5.74) is 0.618. The van der Waals surface area contributed by atoms with Gasteiger partial charge in [0, 0.05) is 19.5 Å². The van der Waals surface area contributed by atoms with E-state index in [4.69, 9.17) is 7.85 Å². The van der Waals surface area contributed by atoms with Gasteiger partial charge < -0.3 is 0 Å². The lowest BCUT2D eigenvalue weighted by Gasteiger charge is -2.23. The van der Waals surface area contributed by atoms with Crippen molar-refractivity contribution in [1.29, 1.82) is 0 Å². The first-order valence-electron chi connectivity index (χ1n) is 4.18. The molecule has 0 aromatic heterocycles. The van der Waals surface area contributed by atoms with Crippen molar-refractivity contribution in [3.63, 3.8) is 0 Å². The van der Waals surface area contributed by atoms with E-state index in [1.807, 2.05) is 20.8 Å². The minimum Gasteiger partial charge on any atom is -0.291 e. The largest absolute Gasteiger partial charge is 0.291 e. The first-order valence-corrected chi connectivity index (χ1v) is 4.18. The molecule has 0 N–H and O–H groups in total. The van der Waals surface area contributed by atoms with E-state index in [-0.39, 0.29) is 11.1 Å². The summed E-state index contributed by atoms with van der Waals surface area (Å²) in [6.07, 6.45) is -1.55. The van der Waals surface area contributed by atoms with Gasteiger partial charge in [-0.3, -0.25) is 14.4 Å². The Morgan fingerprint density at radius 2 is 1.69 bits per heavy atom. The molecule has 0 aliphatic rings. The molecule has 72 valence electrons. The smallest absolute Gasteiger partial charge is 0.125 e. The average Bonchev–Trinajstić information content (AvgIpc) is 1.96. The highest BCUT2D eigenvalue weighted by molar-refractivity contribution is 6.51. The molecule has 13 heavy (non-hydrogen) atoms. The van der Waals surface area contributed by atoms with Crippen LogP contribution in [0, 0.1) is 5.41 Å². The van der Waals surface area contributed by atoms with Crippen molar-refractivity contribution < 1.29 is 4.39 Å². The summed E-state index contributed by atoms with van der Waals surface area (Å²) in [7, 11) is 8.28. The molecule has 0 saturated carbocycles. The lowest BCUT2D eigenvalue weighted by atomic mass is 9.81. The standard InChI is InChI=1S/C9H16BFN2/c1-9(2,3)7(13-5)6(12-4)8(10)11/h8H,1-5H3. The molecule has 2 nitrogen and oxygen atoms in total. The van der Waals surface area contributed by atoms with Crippen LogP contribution in [0.2, 0.25) is 0 Å². The van der Waals surface area contributed by atoms with Crippen LogP contribution in [0.15, 0.2) is 9.98 Å². The van der Waals surface area contributed by atoms with Crippen LogP contribution in [0.4, 0.5) is 4.39 Å². The third-order valence-electron chi connectivity index (χ3n) is 1.68. The summed E-state index contributed by atoms with van der Waals surface area (Å²) in [6.45, 7) is 5.84. The van der Waals surface area contributed by atoms with Gasteiger partial charge in [-0.2, -0.15) is 0 Å². The Morgan fingerprint density at radius 3 is 1.77 bits per heavy atom. The minimum absolute atomic E-state index is 0.229. The third kappa shape index (κ3) is 3.29. The molecule has 4 heteroatoms. The predicted molar refractivity (Wildman–Crippen MR) is 56.8 cm³/mol. The van der Waals surface area contributed by atoms with Crippen molar-refractivity contribution in [3.8, 4) is 0 Å². The van der Waals surface area contributed by atoms with Gasteiger partial charge in [0.15, 0.2) is 0 Å². The Hall–Kier alpha value is -0.665. The molecule has 0 spiro atoms. The number of rotatable bonds is 2. The lowest BCUT2D eigenvalue weighted by molar-refractivity contribution is 0.528. The van der Waals surface area contributed by atoms with Crippen molar-refractivity contribution in [2.24, 2.45) is 15.4 Å². The van der Waals surface area contributed by atoms with Crippen LogP contribution in [0.3, 0.4) is 0 Å². The van der Waals surface area contributed by atoms with Gasteiger partial charge in [0.1, 0.15) is 13.9 Å². The fourth-order valence-electron chi connectivity index (χ4n) is 1.19. The van der Waals surface area contributed by atoms with Crippen LogP contribution in [-0.4, -0.2) is 39.4 Å². The molecule has 0 fully saturated rings. The highest BCUT2D eigenvalue weighted by Crippen LogP contribution is 2.18. The summed E-state index contributed by atoms with van der Waals surface area (Å²) in [6, 6.07) is 0. The summed E-state index contributed by atoms with van der Waals surface area (Å²) in [4.78, 5) is 7.83. The van der Waals surface area contributed by atoms with E-state index >= 15 is 0 Å². The second-order valence-electron chi connectivity index (χ2n) is 3.83. The minimum atomic E-state index is -1.55. The van der Waals surface area contributed by atoms with E-state index in [1.54, 1.807) is 7.05 Å². The first kappa shape index (κ1) is 12.3. The second kappa shape index (κ2) is 4.54. The third-order valence-corrected chi connectivity index (χ3v) is 1.68. The maximum atomic E-state index is 12.9. The summed E-state index contributed by atoms with van der Waals surface area (Å²) < 4.78 is 12.9. The lowest BCUT2D eigenvalue weighted by Crippen LogP contribution is -2.35. The van der Waals surface area contributed by atoms with E-state index in [0.717, 1.165) is 0 Å². The number of nitrogens with zero attached hydrogens (tertiary/aromatic N) is 2. The molecule has 0 aliphatic heterocycles. The molecule has 0 saturated heterocycles. The quantitative estimate of drug-likeness (QED) is 0.458. The van der Waals surface area contributed by atoms with Gasteiger partial charge in [0.05, 0.1) is 11.4 Å². The Balaban J connectivity index is 5.01. The van der Waals surface area contributed by atoms with Gasteiger partial charge in [-0.05, 0) is 0 Å². The molecular weight excluding hydrogens is 166 g/mol. The zero-order valence-electron chi connectivity index (χ0n) is 8.93. The topological polar surface area (TPSA) is 24.7 Å². The highest BCUT2D eigenvalue weighted by atomic mass is 19.1. The maximum Gasteiger partial charge on any atom is 0.125 e. The molecule has 0 amide bonds. The Labute approximate surface area is 80.8 Å². The fourth-order valence-corrected chi connectivity index (χ4v) is 1.19. The van der Waals surface area contributed by atoms with Crippen LogP contribution in [0.1, 0.15) is 20.8 Å². The van der Waals surface area contributed by atoms with E-state index in [0.29, 0.717) is 5.71 Å². The van der Waals surface area contributed by atoms with E-state index < -0.39 is 6.07 Å². The summed E-state index contributed by atoms with van der Waals surface area (Å²) in [5.74, 6) is 0. The van der Waals surface area contributed by atoms with Crippen molar-refractivity contribution in [2.75, 3.05) is 14.1 Å². The zero-order chi connectivity index (χ0) is 10.6. The van der Waals surface area contributed by atoms with Gasteiger partial charge in [0.2, 0.25) is 0 Å². The molecule has 1 atom stereocenters. The summed E-state index contributed by atoms with van der Waals surface area (Å²) >= 11 is 0. The molecule has 0 aromatic rings. The van der Waals surface area contributed by atoms with E-state index in [9.17, 15) is 4.39 Å². The molecule has 0 aliphatic carbocycles. The van der Waals surface area contributed by atoms with Crippen molar-refractivity contribution >= 4 is 19.3 Å². The van der Waals surface area contributed by atoms with Crippen LogP contribution in [0.25, 0.3) is 0 Å². The van der Waals surface area contributed by atoms with Gasteiger partial charge >= 0.3 is 0 Å². The summed E-state index contributed by atoms with van der Waals surface area (Å²) in [5, 5.41) is 0. The Morgan fingerprint density at radius 1 is 1.23 bits per heavy atom. The van der Waals surface area contributed by atoms with Gasteiger partial charge in [-0.25, -0.2) is 0 Å². The predicted octanol–water partition coefficient (Wildman–Crippen LogP) is 1.64. The van der Waals surface area contributed by atoms with Crippen LogP contribution < -0.4 is 0 Å². The van der Waals surface area contributed by atoms with Gasteiger partial charge in [0.25, 0.3) is 0 Å². The SMILES string of the molecule is [B]C(F)C(=NC)C(=NC)C(C)(C)C. The molecule has 1 unspecified atom stereocenters. The molecule has 0 rings (SSSR count). The molecular formula is C9H16BFN2. The molecule has 0 bridgehead atoms. The van der Waals surface area contributed by atoms with Crippen molar-refractivity contribution in [1.82, 2.24) is 0 Å². The van der Waals surface area contributed by atoms with Crippen molar-refractivity contribution in [2.45, 2.75) is 26.8 Å². The number of hydrogen-bond acceptors (Lipinski definition) is 2. The van der Waals surface area contributed by atoms with E-state index in [1.165, 1.54) is 7.05 Å². The van der Waals surface area contributed by atoms with Crippen molar-refractivity contribution in [3.05, 3.63) is 0 Å².